The maximum atomic E-state index is 10.4. The summed E-state index contributed by atoms with van der Waals surface area (Å²) in [5, 5.41) is 9.06. The van der Waals surface area contributed by atoms with Crippen molar-refractivity contribution in [3.05, 3.63) is 35.9 Å². The first-order valence-corrected chi connectivity index (χ1v) is 6.88. The largest absolute Gasteiger partial charge is 0.542 e. The van der Waals surface area contributed by atoms with E-state index in [0.717, 1.165) is 0 Å². The molecule has 3 nitrogen and oxygen atoms in total. The van der Waals surface area contributed by atoms with E-state index in [1.165, 1.54) is 32.1 Å². The van der Waals surface area contributed by atoms with E-state index in [1.54, 1.807) is 30.3 Å². The molecule has 2 rings (SSSR count). The van der Waals surface area contributed by atoms with Gasteiger partial charge in [-0.3, -0.25) is 0 Å². The third-order valence-electron chi connectivity index (χ3n) is 2.56. The maximum Gasteiger partial charge on any atom is 0.542 e. The van der Waals surface area contributed by atoms with Gasteiger partial charge in [0.05, 0.1) is 0 Å². The van der Waals surface area contributed by atoms with Crippen molar-refractivity contribution >= 4 is 8.03 Å². The summed E-state index contributed by atoms with van der Waals surface area (Å²) >= 11 is 0. The van der Waals surface area contributed by atoms with Gasteiger partial charge in [0.25, 0.3) is 0 Å². The summed E-state index contributed by atoms with van der Waals surface area (Å²) in [6.45, 7) is 0. The molecule has 2 atom stereocenters. The Morgan fingerprint density at radius 3 is 1.81 bits per heavy atom. The quantitative estimate of drug-likeness (QED) is 0.780. The van der Waals surface area contributed by atoms with Gasteiger partial charge in [0.1, 0.15) is 0 Å². The van der Waals surface area contributed by atoms with Crippen molar-refractivity contribution in [1.29, 1.82) is 0 Å². The van der Waals surface area contributed by atoms with E-state index >= 15 is 0 Å². The van der Waals surface area contributed by atoms with Gasteiger partial charge in [0.2, 0.25) is 0 Å². The Kier molecular flexibility index (Phi) is 6.24. The second-order valence-corrected chi connectivity index (χ2v) is 4.95. The minimum absolute atomic E-state index is 0.469. The third-order valence-corrected chi connectivity index (χ3v) is 3.27. The molecule has 2 N–H and O–H groups in total. The Balaban J connectivity index is 0.000000212. The number of aliphatic hydroxyl groups excluding tert-OH is 1. The van der Waals surface area contributed by atoms with E-state index < -0.39 is 13.9 Å². The van der Waals surface area contributed by atoms with Crippen LogP contribution in [-0.4, -0.2) is 10.00 Å². The van der Waals surface area contributed by atoms with Gasteiger partial charge in [-0.15, -0.1) is 0 Å². The summed E-state index contributed by atoms with van der Waals surface area (Å²) in [4.78, 5) is 8.53. The van der Waals surface area contributed by atoms with Crippen molar-refractivity contribution in [1.82, 2.24) is 0 Å². The highest BCUT2D eigenvalue weighted by molar-refractivity contribution is 7.38. The van der Waals surface area contributed by atoms with Crippen LogP contribution in [0.2, 0.25) is 0 Å². The van der Waals surface area contributed by atoms with Crippen molar-refractivity contribution in [2.75, 3.05) is 0 Å². The highest BCUT2D eigenvalue weighted by Gasteiger charge is 2.27. The zero-order chi connectivity index (χ0) is 11.8. The van der Waals surface area contributed by atoms with E-state index in [4.69, 9.17) is 10.00 Å². The predicted octanol–water partition coefficient (Wildman–Crippen LogP) is 3.36. The molecule has 0 bridgehead atoms. The predicted molar refractivity (Wildman–Crippen MR) is 64.3 cm³/mol. The maximum absolute atomic E-state index is 10.4. The summed E-state index contributed by atoms with van der Waals surface area (Å²) in [6, 6.07) is 8.40. The molecular weight excluding hydrogens is 223 g/mol. The molecule has 4 heteroatoms. The van der Waals surface area contributed by atoms with Gasteiger partial charge in [-0.05, 0) is 4.57 Å². The van der Waals surface area contributed by atoms with Crippen molar-refractivity contribution in [3.63, 3.8) is 0 Å². The van der Waals surface area contributed by atoms with Gasteiger partial charge in [0.15, 0.2) is 0 Å². The average Bonchev–Trinajstić information content (AvgIpc) is 2.88. The van der Waals surface area contributed by atoms with E-state index in [9.17, 15) is 4.57 Å². The second-order valence-electron chi connectivity index (χ2n) is 3.85. The molecule has 0 aromatic heterocycles. The smallest absolute Gasteiger partial charge is 0.345 e. The van der Waals surface area contributed by atoms with Crippen LogP contribution in [0.1, 0.15) is 43.5 Å². The van der Waals surface area contributed by atoms with Gasteiger partial charge < -0.3 is 5.11 Å². The van der Waals surface area contributed by atoms with Gasteiger partial charge in [-0.2, -0.15) is 4.89 Å². The van der Waals surface area contributed by atoms with Crippen molar-refractivity contribution in [3.8, 4) is 0 Å². The lowest BCUT2D eigenvalue weighted by molar-refractivity contribution is 0.243. The average molecular weight is 241 g/mol. The molecule has 2 unspecified atom stereocenters. The zero-order valence-electron chi connectivity index (χ0n) is 9.25. The highest BCUT2D eigenvalue weighted by atomic mass is 31.1. The van der Waals surface area contributed by atoms with Crippen molar-refractivity contribution in [2.45, 2.75) is 37.9 Å². The molecule has 0 saturated heterocycles. The third kappa shape index (κ3) is 4.84. The minimum Gasteiger partial charge on any atom is -0.345 e. The molecule has 1 aliphatic rings. The first kappa shape index (κ1) is 13.3. The minimum atomic E-state index is -2.53. The van der Waals surface area contributed by atoms with Crippen LogP contribution in [0.4, 0.5) is 0 Å². The Bertz CT molecular complexity index is 302. The number of aliphatic hydroxyl groups is 1. The van der Waals surface area contributed by atoms with Crippen molar-refractivity contribution in [2.24, 2.45) is 0 Å². The lowest BCUT2D eigenvalue weighted by atomic mass is 10.2. The fraction of sp³-hybridized carbons (Fsp3) is 0.500. The molecule has 0 amide bonds. The molecule has 0 heterocycles. The van der Waals surface area contributed by atoms with Crippen LogP contribution in [0.3, 0.4) is 0 Å². The van der Waals surface area contributed by atoms with Crippen LogP contribution in [0.15, 0.2) is 30.3 Å². The normalized spacial score (nSPS) is 17.2. The number of hydrogen-bond donors (Lipinski definition) is 2. The van der Waals surface area contributed by atoms with Gasteiger partial charge in [-0.1, -0.05) is 62.4 Å². The fourth-order valence-corrected chi connectivity index (χ4v) is 2.06. The summed E-state index contributed by atoms with van der Waals surface area (Å²) in [5.41, 5.74) is 0.469. The number of rotatable bonds is 2. The van der Waals surface area contributed by atoms with Gasteiger partial charge in [0, 0.05) is 5.56 Å². The van der Waals surface area contributed by atoms with Crippen LogP contribution in [0, 0.1) is 0 Å². The van der Waals surface area contributed by atoms with Crippen molar-refractivity contribution < 1.29 is 14.6 Å². The molecule has 1 aromatic rings. The molecular formula is C12H18O3P+. The lowest BCUT2D eigenvalue weighted by Gasteiger charge is -1.94. The first-order chi connectivity index (χ1) is 7.72. The highest BCUT2D eigenvalue weighted by Crippen LogP contribution is 2.34. The molecule has 0 aliphatic heterocycles. The lowest BCUT2D eigenvalue weighted by Crippen LogP contribution is -1.89. The van der Waals surface area contributed by atoms with Crippen LogP contribution < -0.4 is 0 Å². The first-order valence-electron chi connectivity index (χ1n) is 5.60. The SMILES string of the molecule is C1CCCC1.O=[P+](O)C(O)c1ccccc1. The van der Waals surface area contributed by atoms with Gasteiger partial charge >= 0.3 is 13.9 Å². The Hall–Kier alpha value is -0.760. The van der Waals surface area contributed by atoms with E-state index in [1.807, 2.05) is 0 Å². The van der Waals surface area contributed by atoms with Crippen LogP contribution in [0.25, 0.3) is 0 Å². The Labute approximate surface area is 97.0 Å². The topological polar surface area (TPSA) is 57.5 Å². The van der Waals surface area contributed by atoms with E-state index in [-0.39, 0.29) is 0 Å². The van der Waals surface area contributed by atoms with Crippen LogP contribution in [0.5, 0.6) is 0 Å². The Morgan fingerprint density at radius 2 is 1.44 bits per heavy atom. The molecule has 16 heavy (non-hydrogen) atoms. The molecule has 1 saturated carbocycles. The second kappa shape index (κ2) is 7.50. The standard InChI is InChI=1S/C7H7O3P.C5H10/c8-7(11(9)10)6-4-2-1-3-5-6;1-2-4-5-3-1/h1-5,7-8H;1-5H2/p+1. The van der Waals surface area contributed by atoms with Crippen LogP contribution in [-0.2, 0) is 4.57 Å². The molecule has 0 radical (unpaired) electrons. The molecule has 1 aliphatic carbocycles. The molecule has 1 aromatic carbocycles. The summed E-state index contributed by atoms with van der Waals surface area (Å²) < 4.78 is 10.4. The monoisotopic (exact) mass is 241 g/mol. The van der Waals surface area contributed by atoms with Gasteiger partial charge in [-0.25, -0.2) is 0 Å². The van der Waals surface area contributed by atoms with Crippen LogP contribution >= 0.6 is 8.03 Å². The Morgan fingerprint density at radius 1 is 1.00 bits per heavy atom. The fourth-order valence-electron chi connectivity index (χ4n) is 1.64. The molecule has 0 spiro atoms. The number of benzene rings is 1. The molecule has 88 valence electrons. The summed E-state index contributed by atoms with van der Waals surface area (Å²) in [6.07, 6.45) is 7.50. The summed E-state index contributed by atoms with van der Waals surface area (Å²) in [5.74, 6) is -1.26. The summed E-state index contributed by atoms with van der Waals surface area (Å²) in [7, 11) is -2.53. The van der Waals surface area contributed by atoms with E-state index in [0.29, 0.717) is 5.56 Å². The number of hydrogen-bond acceptors (Lipinski definition) is 2. The zero-order valence-corrected chi connectivity index (χ0v) is 10.1. The van der Waals surface area contributed by atoms with E-state index in [2.05, 4.69) is 0 Å². The molecule has 1 fully saturated rings.